The summed E-state index contributed by atoms with van der Waals surface area (Å²) in [4.78, 5) is 12.4. The van der Waals surface area contributed by atoms with E-state index in [0.29, 0.717) is 5.92 Å². The molecule has 0 saturated carbocycles. The molecule has 0 amide bonds. The van der Waals surface area contributed by atoms with Gasteiger partial charge in [0, 0.05) is 12.8 Å². The summed E-state index contributed by atoms with van der Waals surface area (Å²) >= 11 is 0. The Hall–Kier alpha value is -0.870. The van der Waals surface area contributed by atoms with E-state index >= 15 is 0 Å². The summed E-state index contributed by atoms with van der Waals surface area (Å²) < 4.78 is 42.9. The van der Waals surface area contributed by atoms with E-state index in [0.717, 1.165) is 0 Å². The zero-order chi connectivity index (χ0) is 17.3. The van der Waals surface area contributed by atoms with Gasteiger partial charge in [-0.3, -0.25) is 0 Å². The van der Waals surface area contributed by atoms with Crippen LogP contribution in [0.3, 0.4) is 0 Å². The van der Waals surface area contributed by atoms with Gasteiger partial charge in [0.1, 0.15) is 16.4 Å². The second-order valence-corrected chi connectivity index (χ2v) is 8.13. The first kappa shape index (κ1) is 20.1. The van der Waals surface area contributed by atoms with Crippen molar-refractivity contribution in [3.05, 3.63) is 5.92 Å². The van der Waals surface area contributed by atoms with Crippen molar-refractivity contribution in [2.24, 2.45) is 10.8 Å². The van der Waals surface area contributed by atoms with E-state index in [1.165, 1.54) is 0 Å². The van der Waals surface area contributed by atoms with Gasteiger partial charge in [0.15, 0.2) is 0 Å². The summed E-state index contributed by atoms with van der Waals surface area (Å²) in [5.74, 6) is -0.114. The maximum Gasteiger partial charge on any atom is 0.500 e. The van der Waals surface area contributed by atoms with Crippen molar-refractivity contribution in [3.8, 4) is 0 Å². The zero-order valence-electron chi connectivity index (χ0n) is 14.4. The molecule has 2 nitrogen and oxygen atoms in total. The molecule has 0 radical (unpaired) electrons. The quantitative estimate of drug-likeness (QED) is 0.519. The second kappa shape index (κ2) is 6.09. The third-order valence-electron chi connectivity index (χ3n) is 3.06. The van der Waals surface area contributed by atoms with E-state index in [9.17, 15) is 18.0 Å². The number of ether oxygens (including phenoxy) is 1. The SMILES string of the molecule is CC(C)(C)OC(=O)[C+](C(C)(C)C)C(C)(C)CCC(F)(F)F. The molecule has 0 saturated heterocycles. The smallest absolute Gasteiger partial charge is 0.424 e. The fourth-order valence-electron chi connectivity index (χ4n) is 2.51. The molecule has 0 fully saturated rings. The number of alkyl halides is 3. The van der Waals surface area contributed by atoms with Gasteiger partial charge < -0.3 is 4.74 Å². The van der Waals surface area contributed by atoms with Crippen molar-refractivity contribution < 1.29 is 22.7 Å². The molecule has 0 unspecified atom stereocenters. The topological polar surface area (TPSA) is 26.3 Å². The highest BCUT2D eigenvalue weighted by atomic mass is 19.4. The monoisotopic (exact) mass is 309 g/mol. The van der Waals surface area contributed by atoms with Crippen LogP contribution in [0, 0.1) is 16.7 Å². The second-order valence-electron chi connectivity index (χ2n) is 8.13. The Morgan fingerprint density at radius 3 is 1.62 bits per heavy atom. The lowest BCUT2D eigenvalue weighted by molar-refractivity contribution is -0.159. The largest absolute Gasteiger partial charge is 0.500 e. The Morgan fingerprint density at radius 2 is 1.33 bits per heavy atom. The number of hydrogen-bond acceptors (Lipinski definition) is 2. The Bertz CT molecular complexity index is 357. The first-order valence-electron chi connectivity index (χ1n) is 7.14. The number of esters is 1. The van der Waals surface area contributed by atoms with Gasteiger partial charge in [-0.05, 0) is 55.4 Å². The van der Waals surface area contributed by atoms with Gasteiger partial charge in [-0.2, -0.15) is 18.0 Å². The predicted octanol–water partition coefficient (Wildman–Crippen LogP) is 5.32. The number of carbonyl (C=O) groups is 1. The molecule has 0 spiro atoms. The Balaban J connectivity index is 5.28. The molecule has 124 valence electrons. The lowest BCUT2D eigenvalue weighted by Crippen LogP contribution is -2.42. The Labute approximate surface area is 126 Å². The lowest BCUT2D eigenvalue weighted by Gasteiger charge is -2.32. The fraction of sp³-hybridized carbons (Fsp3) is 0.875. The van der Waals surface area contributed by atoms with E-state index in [1.54, 1.807) is 34.6 Å². The first-order valence-corrected chi connectivity index (χ1v) is 7.14. The van der Waals surface area contributed by atoms with Gasteiger partial charge in [0.05, 0.1) is 0 Å². The molecule has 0 aliphatic rings. The van der Waals surface area contributed by atoms with E-state index < -0.39 is 35.0 Å². The van der Waals surface area contributed by atoms with Crippen molar-refractivity contribution in [1.82, 2.24) is 0 Å². The molecular weight excluding hydrogens is 281 g/mol. The molecule has 0 aliphatic heterocycles. The normalized spacial score (nSPS) is 14.0. The van der Waals surface area contributed by atoms with Crippen LogP contribution >= 0.6 is 0 Å². The van der Waals surface area contributed by atoms with Crippen molar-refractivity contribution >= 4 is 5.97 Å². The lowest BCUT2D eigenvalue weighted by atomic mass is 9.64. The molecule has 5 heteroatoms. The minimum absolute atomic E-state index is 0.137. The average molecular weight is 309 g/mol. The Kier molecular flexibility index (Phi) is 5.84. The minimum Gasteiger partial charge on any atom is -0.424 e. The van der Waals surface area contributed by atoms with Crippen LogP contribution < -0.4 is 0 Å². The number of rotatable bonds is 4. The van der Waals surface area contributed by atoms with E-state index in [4.69, 9.17) is 4.74 Å². The molecule has 21 heavy (non-hydrogen) atoms. The summed E-state index contributed by atoms with van der Waals surface area (Å²) in [5.41, 5.74) is -2.11. The van der Waals surface area contributed by atoms with Crippen molar-refractivity contribution in [1.29, 1.82) is 0 Å². The van der Waals surface area contributed by atoms with Crippen LogP contribution in [0.25, 0.3) is 0 Å². The number of hydrogen-bond donors (Lipinski definition) is 0. The van der Waals surface area contributed by atoms with Crippen LogP contribution in [0.5, 0.6) is 0 Å². The summed E-state index contributed by atoms with van der Waals surface area (Å²) in [7, 11) is 0. The summed E-state index contributed by atoms with van der Waals surface area (Å²) in [6.45, 7) is 14.0. The maximum absolute atomic E-state index is 12.5. The highest BCUT2D eigenvalue weighted by Gasteiger charge is 2.57. The summed E-state index contributed by atoms with van der Waals surface area (Å²) in [6.07, 6.45) is -5.28. The van der Waals surface area contributed by atoms with Crippen LogP contribution in [-0.2, 0) is 9.53 Å². The van der Waals surface area contributed by atoms with Crippen LogP contribution in [0.15, 0.2) is 0 Å². The van der Waals surface area contributed by atoms with Gasteiger partial charge >= 0.3 is 12.1 Å². The third kappa shape index (κ3) is 7.63. The van der Waals surface area contributed by atoms with Crippen molar-refractivity contribution in [2.75, 3.05) is 0 Å². The molecule has 0 aliphatic carbocycles. The molecular formula is C16H28F3O2+. The van der Waals surface area contributed by atoms with Gasteiger partial charge in [0.25, 0.3) is 0 Å². The van der Waals surface area contributed by atoms with E-state index in [-0.39, 0.29) is 6.42 Å². The molecule has 0 aromatic rings. The van der Waals surface area contributed by atoms with Gasteiger partial charge in [-0.25, -0.2) is 0 Å². The fourth-order valence-corrected chi connectivity index (χ4v) is 2.51. The van der Waals surface area contributed by atoms with Crippen LogP contribution in [-0.4, -0.2) is 17.7 Å². The molecule has 0 atom stereocenters. The summed E-state index contributed by atoms with van der Waals surface area (Å²) in [6, 6.07) is 0. The van der Waals surface area contributed by atoms with Crippen molar-refractivity contribution in [3.63, 3.8) is 0 Å². The molecule has 0 heterocycles. The highest BCUT2D eigenvalue weighted by Crippen LogP contribution is 2.47. The van der Waals surface area contributed by atoms with Crippen LogP contribution in [0.4, 0.5) is 13.2 Å². The standard InChI is InChI=1S/C16H28F3O2/c1-13(2,3)11(12(20)21-14(4,5)6)15(7,8)9-10-16(17,18)19/h9-10H2,1-8H3/q+1. The molecule has 0 aromatic carbocycles. The predicted molar refractivity (Wildman–Crippen MR) is 77.6 cm³/mol. The zero-order valence-corrected chi connectivity index (χ0v) is 14.4. The maximum atomic E-state index is 12.5. The van der Waals surface area contributed by atoms with Crippen LogP contribution in [0.1, 0.15) is 68.2 Å². The first-order chi connectivity index (χ1) is 8.96. The molecule has 0 rings (SSSR count). The Morgan fingerprint density at radius 1 is 0.905 bits per heavy atom. The molecule has 0 bridgehead atoms. The van der Waals surface area contributed by atoms with E-state index in [1.807, 2.05) is 20.8 Å². The van der Waals surface area contributed by atoms with Crippen molar-refractivity contribution in [2.45, 2.75) is 80.0 Å². The number of halogens is 3. The number of carbonyl (C=O) groups excluding carboxylic acids is 1. The summed E-state index contributed by atoms with van der Waals surface area (Å²) in [5, 5.41) is 0. The molecule has 0 aromatic heterocycles. The average Bonchev–Trinajstić information content (AvgIpc) is 2.07. The van der Waals surface area contributed by atoms with Gasteiger partial charge in [-0.1, -0.05) is 0 Å². The minimum atomic E-state index is -4.23. The van der Waals surface area contributed by atoms with Gasteiger partial charge in [0.2, 0.25) is 5.92 Å². The van der Waals surface area contributed by atoms with Gasteiger partial charge in [-0.15, -0.1) is 0 Å². The van der Waals surface area contributed by atoms with E-state index in [2.05, 4.69) is 0 Å². The van der Waals surface area contributed by atoms with Crippen LogP contribution in [0.2, 0.25) is 0 Å². The third-order valence-corrected chi connectivity index (χ3v) is 3.06. The molecule has 0 N–H and O–H groups in total. The highest BCUT2D eigenvalue weighted by molar-refractivity contribution is 5.87.